The lowest BCUT2D eigenvalue weighted by atomic mass is 10.2. The van der Waals surface area contributed by atoms with Gasteiger partial charge in [0.2, 0.25) is 6.23 Å². The Morgan fingerprint density at radius 3 is 2.88 bits per heavy atom. The van der Waals surface area contributed by atoms with Gasteiger partial charge in [0.05, 0.1) is 12.6 Å². The molecule has 4 heterocycles. The number of nitrogens with one attached hydrogen (secondary N) is 1. The number of rotatable bonds is 3. The van der Waals surface area contributed by atoms with E-state index in [0.717, 1.165) is 6.42 Å². The Morgan fingerprint density at radius 1 is 1.29 bits per heavy atom. The Hall–Kier alpha value is -2.43. The van der Waals surface area contributed by atoms with Gasteiger partial charge in [-0.15, -0.1) is 0 Å². The minimum Gasteiger partial charge on any atom is -0.512 e. The molecule has 10 heteroatoms. The van der Waals surface area contributed by atoms with Crippen molar-refractivity contribution in [3.05, 3.63) is 24.7 Å². The monoisotopic (exact) mass is 335 g/mol. The fraction of sp³-hybridized carbons (Fsp3) is 0.500. The number of hydrogen-bond donors (Lipinski definition) is 4. The summed E-state index contributed by atoms with van der Waals surface area (Å²) in [7, 11) is 0. The van der Waals surface area contributed by atoms with Gasteiger partial charge >= 0.3 is 0 Å². The van der Waals surface area contributed by atoms with Crippen molar-refractivity contribution >= 4 is 17.0 Å². The lowest BCUT2D eigenvalue weighted by Crippen LogP contribution is -2.27. The molecule has 10 nitrogen and oxygen atoms in total. The van der Waals surface area contributed by atoms with E-state index in [1.54, 1.807) is 0 Å². The molecule has 2 fully saturated rings. The van der Waals surface area contributed by atoms with E-state index in [9.17, 15) is 10.2 Å². The zero-order chi connectivity index (χ0) is 16.7. The number of nitrogens with zero attached hydrogens (tertiary/aromatic N) is 4. The molecule has 2 aromatic heterocycles. The van der Waals surface area contributed by atoms with Gasteiger partial charge in [-0.25, -0.2) is 15.0 Å². The van der Waals surface area contributed by atoms with E-state index >= 15 is 0 Å². The first-order chi connectivity index (χ1) is 11.7. The Bertz CT molecular complexity index is 772. The van der Waals surface area contributed by atoms with Gasteiger partial charge in [-0.2, -0.15) is 0 Å². The molecule has 0 aromatic carbocycles. The molecule has 0 radical (unpaired) electrons. The molecule has 2 aliphatic rings. The molecule has 0 bridgehead atoms. The van der Waals surface area contributed by atoms with Crippen molar-refractivity contribution in [2.45, 2.75) is 30.9 Å². The van der Waals surface area contributed by atoms with E-state index < -0.39 is 18.4 Å². The number of aliphatic hydroxyl groups excluding tert-OH is 3. The van der Waals surface area contributed by atoms with E-state index in [2.05, 4.69) is 20.3 Å². The van der Waals surface area contributed by atoms with Crippen LogP contribution in [0.1, 0.15) is 12.6 Å². The first-order valence-corrected chi connectivity index (χ1v) is 7.58. The topological polar surface area (TPSA) is 135 Å². The second-order valence-corrected chi connectivity index (χ2v) is 5.73. The third-order valence-electron chi connectivity index (χ3n) is 4.19. The van der Waals surface area contributed by atoms with Crippen LogP contribution in [0.15, 0.2) is 24.7 Å². The standard InChI is InChI=1S/C14H17N5O5/c20-3-8-10(21)11(22)14(24-8)19-6-17-9-12(15-5-16-13(9)19)18-7-1-2-23-4-7/h3,5-7,10-11,14,20-22H,1-2,4H2,(H,15,16,18)/b8-3-/t7?,10-,11-,14-/m1/s1. The Labute approximate surface area is 136 Å². The van der Waals surface area contributed by atoms with Crippen molar-refractivity contribution in [1.82, 2.24) is 19.5 Å². The predicted molar refractivity (Wildman–Crippen MR) is 81.0 cm³/mol. The Balaban J connectivity index is 1.68. The lowest BCUT2D eigenvalue weighted by Gasteiger charge is -2.16. The van der Waals surface area contributed by atoms with Crippen LogP contribution < -0.4 is 5.32 Å². The fourth-order valence-electron chi connectivity index (χ4n) is 2.92. The van der Waals surface area contributed by atoms with Crippen LogP contribution >= 0.6 is 0 Å². The van der Waals surface area contributed by atoms with Gasteiger partial charge in [-0.1, -0.05) is 0 Å². The quantitative estimate of drug-likeness (QED) is 0.556. The Morgan fingerprint density at radius 2 is 2.17 bits per heavy atom. The smallest absolute Gasteiger partial charge is 0.207 e. The summed E-state index contributed by atoms with van der Waals surface area (Å²) >= 11 is 0. The van der Waals surface area contributed by atoms with Crippen LogP contribution in [0.4, 0.5) is 5.82 Å². The second kappa shape index (κ2) is 5.89. The van der Waals surface area contributed by atoms with Crippen molar-refractivity contribution in [3.8, 4) is 0 Å². The zero-order valence-corrected chi connectivity index (χ0v) is 12.6. The molecule has 4 atom stereocenters. The van der Waals surface area contributed by atoms with Crippen molar-refractivity contribution in [2.75, 3.05) is 18.5 Å². The number of anilines is 1. The highest BCUT2D eigenvalue weighted by Crippen LogP contribution is 2.34. The second-order valence-electron chi connectivity index (χ2n) is 5.73. The third-order valence-corrected chi connectivity index (χ3v) is 4.19. The van der Waals surface area contributed by atoms with Crippen LogP contribution in [0.2, 0.25) is 0 Å². The third kappa shape index (κ3) is 2.35. The van der Waals surface area contributed by atoms with E-state index in [1.165, 1.54) is 17.2 Å². The SMILES string of the molecule is O/C=C1\O[C@@H](n2cnc3c(NC4CCOC4)ncnc32)[C@H](O)[C@@H]1O. The van der Waals surface area contributed by atoms with Crippen molar-refractivity contribution in [3.63, 3.8) is 0 Å². The minimum absolute atomic E-state index is 0.107. The minimum atomic E-state index is -1.31. The summed E-state index contributed by atoms with van der Waals surface area (Å²) in [6.45, 7) is 1.31. The predicted octanol–water partition coefficient (Wildman–Crippen LogP) is -0.323. The molecule has 0 amide bonds. The maximum absolute atomic E-state index is 10.1. The fourth-order valence-corrected chi connectivity index (χ4v) is 2.92. The van der Waals surface area contributed by atoms with E-state index in [-0.39, 0.29) is 11.8 Å². The van der Waals surface area contributed by atoms with E-state index in [0.29, 0.717) is 36.5 Å². The average molecular weight is 335 g/mol. The summed E-state index contributed by atoms with van der Waals surface area (Å²) in [5.74, 6) is 0.463. The normalized spacial score (nSPS) is 31.7. The first-order valence-electron chi connectivity index (χ1n) is 7.58. The van der Waals surface area contributed by atoms with E-state index in [1.807, 2.05) is 0 Å². The molecule has 24 heavy (non-hydrogen) atoms. The van der Waals surface area contributed by atoms with Gasteiger partial charge in [0.15, 0.2) is 22.7 Å². The van der Waals surface area contributed by atoms with Crippen LogP contribution in [0.3, 0.4) is 0 Å². The summed E-state index contributed by atoms with van der Waals surface area (Å²) in [5.41, 5.74) is 0.970. The highest BCUT2D eigenvalue weighted by Gasteiger charge is 2.42. The highest BCUT2D eigenvalue weighted by molar-refractivity contribution is 5.82. The van der Waals surface area contributed by atoms with Crippen LogP contribution in [-0.4, -0.2) is 66.3 Å². The van der Waals surface area contributed by atoms with Crippen LogP contribution in [0.5, 0.6) is 0 Å². The molecule has 4 N–H and O–H groups in total. The summed E-state index contributed by atoms with van der Waals surface area (Å²) in [4.78, 5) is 12.7. The van der Waals surface area contributed by atoms with E-state index in [4.69, 9.17) is 14.6 Å². The maximum Gasteiger partial charge on any atom is 0.207 e. The molecule has 128 valence electrons. The molecule has 0 spiro atoms. The number of imidazole rings is 1. The van der Waals surface area contributed by atoms with Gasteiger partial charge in [-0.05, 0) is 6.42 Å². The largest absolute Gasteiger partial charge is 0.512 e. The van der Waals surface area contributed by atoms with Gasteiger partial charge in [0.25, 0.3) is 0 Å². The first kappa shape index (κ1) is 15.1. The average Bonchev–Trinajstić information content (AvgIpc) is 3.30. The van der Waals surface area contributed by atoms with Crippen molar-refractivity contribution in [1.29, 1.82) is 0 Å². The molecule has 4 rings (SSSR count). The summed E-state index contributed by atoms with van der Waals surface area (Å²) < 4.78 is 12.2. The molecular formula is C14H17N5O5. The highest BCUT2D eigenvalue weighted by atomic mass is 16.6. The van der Waals surface area contributed by atoms with Crippen LogP contribution in [-0.2, 0) is 9.47 Å². The molecule has 0 saturated carbocycles. The molecule has 2 aliphatic heterocycles. The number of aliphatic hydroxyl groups is 3. The van der Waals surface area contributed by atoms with Gasteiger partial charge in [-0.3, -0.25) is 4.57 Å². The lowest BCUT2D eigenvalue weighted by molar-refractivity contribution is -0.0121. The number of ether oxygens (including phenoxy) is 2. The molecule has 2 saturated heterocycles. The number of hydrogen-bond acceptors (Lipinski definition) is 9. The van der Waals surface area contributed by atoms with Gasteiger partial charge in [0, 0.05) is 6.61 Å². The van der Waals surface area contributed by atoms with Crippen molar-refractivity contribution in [2.24, 2.45) is 0 Å². The summed E-state index contributed by atoms with van der Waals surface area (Å²) in [5, 5.41) is 32.3. The molecular weight excluding hydrogens is 318 g/mol. The summed E-state index contributed by atoms with van der Waals surface area (Å²) in [6, 6.07) is 0.160. The molecule has 0 aliphatic carbocycles. The Kier molecular flexibility index (Phi) is 3.71. The number of fused-ring (bicyclic) bond motifs is 1. The molecule has 2 aromatic rings. The molecule has 1 unspecified atom stereocenters. The van der Waals surface area contributed by atoms with Crippen LogP contribution in [0.25, 0.3) is 11.2 Å². The van der Waals surface area contributed by atoms with Crippen LogP contribution in [0, 0.1) is 0 Å². The number of aromatic nitrogens is 4. The maximum atomic E-state index is 10.1. The van der Waals surface area contributed by atoms with Crippen molar-refractivity contribution < 1.29 is 24.8 Å². The van der Waals surface area contributed by atoms with Gasteiger partial charge < -0.3 is 30.1 Å². The van der Waals surface area contributed by atoms with Gasteiger partial charge in [0.1, 0.15) is 31.1 Å². The summed E-state index contributed by atoms with van der Waals surface area (Å²) in [6.07, 6.45) is 0.849. The zero-order valence-electron chi connectivity index (χ0n) is 12.6.